The van der Waals surface area contributed by atoms with E-state index < -0.39 is 0 Å². The van der Waals surface area contributed by atoms with Gasteiger partial charge in [0.25, 0.3) is 0 Å². The van der Waals surface area contributed by atoms with Crippen molar-refractivity contribution in [2.75, 3.05) is 6.54 Å². The zero-order valence-electron chi connectivity index (χ0n) is 9.25. The molecule has 3 nitrogen and oxygen atoms in total. The lowest BCUT2D eigenvalue weighted by atomic mass is 9.80. The minimum Gasteiger partial charge on any atom is -0.369 e. The summed E-state index contributed by atoms with van der Waals surface area (Å²) < 4.78 is 0. The van der Waals surface area contributed by atoms with Gasteiger partial charge in [0.2, 0.25) is 5.91 Å². The number of hydrogen-bond acceptors (Lipinski definition) is 2. The number of rotatable bonds is 4. The van der Waals surface area contributed by atoms with Crippen LogP contribution in [-0.4, -0.2) is 18.5 Å². The highest BCUT2D eigenvalue weighted by Gasteiger charge is 2.22. The van der Waals surface area contributed by atoms with E-state index in [4.69, 9.17) is 5.73 Å². The molecule has 0 spiro atoms. The maximum atomic E-state index is 10.6. The van der Waals surface area contributed by atoms with Gasteiger partial charge < -0.3 is 11.1 Å². The van der Waals surface area contributed by atoms with Gasteiger partial charge in [0.1, 0.15) is 0 Å². The van der Waals surface area contributed by atoms with Crippen LogP contribution in [0.5, 0.6) is 0 Å². The molecule has 0 unspecified atom stereocenters. The fraction of sp³-hybridized carbons (Fsp3) is 0.909. The van der Waals surface area contributed by atoms with Gasteiger partial charge in [-0.05, 0) is 37.5 Å². The molecule has 0 aromatic carbocycles. The summed E-state index contributed by atoms with van der Waals surface area (Å²) >= 11 is 0. The fourth-order valence-electron chi connectivity index (χ4n) is 2.23. The van der Waals surface area contributed by atoms with Gasteiger partial charge in [-0.15, -0.1) is 0 Å². The van der Waals surface area contributed by atoms with Gasteiger partial charge in [-0.1, -0.05) is 13.8 Å². The first-order valence-corrected chi connectivity index (χ1v) is 5.61. The van der Waals surface area contributed by atoms with Gasteiger partial charge in [-0.3, -0.25) is 4.79 Å². The van der Waals surface area contributed by atoms with Gasteiger partial charge in [0.15, 0.2) is 0 Å². The predicted octanol–water partition coefficient (Wildman–Crippen LogP) is 1.28. The van der Waals surface area contributed by atoms with E-state index in [0.29, 0.717) is 12.6 Å². The highest BCUT2D eigenvalue weighted by Crippen LogP contribution is 2.29. The third kappa shape index (κ3) is 3.66. The van der Waals surface area contributed by atoms with Crippen LogP contribution in [0.15, 0.2) is 0 Å². The first-order chi connectivity index (χ1) is 6.59. The average molecular weight is 198 g/mol. The molecule has 0 saturated heterocycles. The van der Waals surface area contributed by atoms with Crippen LogP contribution in [0.2, 0.25) is 0 Å². The molecule has 1 saturated carbocycles. The summed E-state index contributed by atoms with van der Waals surface area (Å²) in [6.07, 6.45) is 4.95. The number of primary amides is 1. The number of amides is 1. The van der Waals surface area contributed by atoms with Gasteiger partial charge >= 0.3 is 0 Å². The molecular weight excluding hydrogens is 176 g/mol. The second-order valence-electron chi connectivity index (χ2n) is 4.70. The van der Waals surface area contributed by atoms with Crippen molar-refractivity contribution in [2.24, 2.45) is 17.6 Å². The van der Waals surface area contributed by atoms with Gasteiger partial charge in [0.05, 0.1) is 6.54 Å². The molecule has 0 heterocycles. The molecule has 0 bridgehead atoms. The van der Waals surface area contributed by atoms with Crippen LogP contribution >= 0.6 is 0 Å². The van der Waals surface area contributed by atoms with Gasteiger partial charge in [0, 0.05) is 6.04 Å². The third-order valence-corrected chi connectivity index (χ3v) is 3.28. The Balaban J connectivity index is 2.19. The Morgan fingerprint density at radius 2 is 1.93 bits per heavy atom. The lowest BCUT2D eigenvalue weighted by molar-refractivity contribution is -0.117. The van der Waals surface area contributed by atoms with Crippen LogP contribution in [0.4, 0.5) is 0 Å². The van der Waals surface area contributed by atoms with Crippen LogP contribution in [0.1, 0.15) is 39.5 Å². The maximum absolute atomic E-state index is 10.6. The van der Waals surface area contributed by atoms with E-state index in [1.54, 1.807) is 0 Å². The zero-order chi connectivity index (χ0) is 10.6. The van der Waals surface area contributed by atoms with Crippen molar-refractivity contribution in [2.45, 2.75) is 45.6 Å². The topological polar surface area (TPSA) is 55.1 Å². The largest absolute Gasteiger partial charge is 0.369 e. The highest BCUT2D eigenvalue weighted by molar-refractivity contribution is 5.75. The van der Waals surface area contributed by atoms with E-state index in [-0.39, 0.29) is 5.91 Å². The average Bonchev–Trinajstić information content (AvgIpc) is 2.15. The predicted molar refractivity (Wildman–Crippen MR) is 57.8 cm³/mol. The molecule has 1 rings (SSSR count). The molecule has 1 aliphatic rings. The van der Waals surface area contributed by atoms with Crippen LogP contribution in [0.3, 0.4) is 0 Å². The number of carbonyl (C=O) groups excluding carboxylic acids is 1. The first kappa shape index (κ1) is 11.5. The maximum Gasteiger partial charge on any atom is 0.231 e. The monoisotopic (exact) mass is 198 g/mol. The van der Waals surface area contributed by atoms with Crippen molar-refractivity contribution < 1.29 is 4.79 Å². The van der Waals surface area contributed by atoms with Gasteiger partial charge in [-0.25, -0.2) is 0 Å². The van der Waals surface area contributed by atoms with E-state index in [9.17, 15) is 4.79 Å². The van der Waals surface area contributed by atoms with Crippen molar-refractivity contribution in [3.8, 4) is 0 Å². The first-order valence-electron chi connectivity index (χ1n) is 5.61. The molecule has 0 aromatic rings. The molecule has 3 heteroatoms. The number of hydrogen-bond donors (Lipinski definition) is 2. The van der Waals surface area contributed by atoms with E-state index in [1.807, 2.05) is 0 Å². The Morgan fingerprint density at radius 1 is 1.36 bits per heavy atom. The summed E-state index contributed by atoms with van der Waals surface area (Å²) in [5, 5.41) is 3.21. The van der Waals surface area contributed by atoms with E-state index in [2.05, 4.69) is 19.2 Å². The molecule has 0 aromatic heterocycles. The van der Waals surface area contributed by atoms with Gasteiger partial charge in [-0.2, -0.15) is 0 Å². The van der Waals surface area contributed by atoms with Crippen LogP contribution < -0.4 is 11.1 Å². The summed E-state index contributed by atoms with van der Waals surface area (Å²) in [5.74, 6) is 1.42. The van der Waals surface area contributed by atoms with E-state index in [1.165, 1.54) is 25.7 Å². The second-order valence-corrected chi connectivity index (χ2v) is 4.70. The van der Waals surface area contributed by atoms with Crippen LogP contribution in [0, 0.1) is 11.8 Å². The highest BCUT2D eigenvalue weighted by atomic mass is 16.1. The normalized spacial score (nSPS) is 27.9. The smallest absolute Gasteiger partial charge is 0.231 e. The molecule has 0 radical (unpaired) electrons. The van der Waals surface area contributed by atoms with Crippen molar-refractivity contribution in [1.29, 1.82) is 0 Å². The van der Waals surface area contributed by atoms with E-state index in [0.717, 1.165) is 11.8 Å². The number of carbonyl (C=O) groups is 1. The Kier molecular flexibility index (Phi) is 4.39. The summed E-state index contributed by atoms with van der Waals surface area (Å²) in [7, 11) is 0. The number of nitrogens with one attached hydrogen (secondary N) is 1. The van der Waals surface area contributed by atoms with Crippen LogP contribution in [0.25, 0.3) is 0 Å². The Hall–Kier alpha value is -0.570. The minimum absolute atomic E-state index is 0.254. The van der Waals surface area contributed by atoms with E-state index >= 15 is 0 Å². The van der Waals surface area contributed by atoms with Crippen molar-refractivity contribution in [3.05, 3.63) is 0 Å². The molecule has 0 atom stereocenters. The zero-order valence-corrected chi connectivity index (χ0v) is 9.25. The summed E-state index contributed by atoms with van der Waals surface area (Å²) in [6, 6.07) is 0.512. The Labute approximate surface area is 86.4 Å². The summed E-state index contributed by atoms with van der Waals surface area (Å²) in [5.41, 5.74) is 5.08. The Morgan fingerprint density at radius 3 is 2.36 bits per heavy atom. The van der Waals surface area contributed by atoms with Crippen molar-refractivity contribution >= 4 is 5.91 Å². The molecule has 14 heavy (non-hydrogen) atoms. The molecule has 82 valence electrons. The summed E-state index contributed by atoms with van der Waals surface area (Å²) in [4.78, 5) is 10.6. The quantitative estimate of drug-likeness (QED) is 0.715. The molecular formula is C11H22N2O. The molecule has 1 aliphatic carbocycles. The van der Waals surface area contributed by atoms with Crippen LogP contribution in [-0.2, 0) is 4.79 Å². The SMILES string of the molecule is CC(C)C1CCC(NCC(N)=O)CC1. The minimum atomic E-state index is -0.254. The molecule has 3 N–H and O–H groups in total. The molecule has 1 fully saturated rings. The molecule has 0 aliphatic heterocycles. The van der Waals surface area contributed by atoms with Crippen molar-refractivity contribution in [1.82, 2.24) is 5.32 Å². The second kappa shape index (κ2) is 5.35. The van der Waals surface area contributed by atoms with Crippen molar-refractivity contribution in [3.63, 3.8) is 0 Å². The molecule has 1 amide bonds. The lowest BCUT2D eigenvalue weighted by Crippen LogP contribution is -2.39. The standard InChI is InChI=1S/C11H22N2O/c1-8(2)9-3-5-10(6-4-9)13-7-11(12)14/h8-10,13H,3-7H2,1-2H3,(H2,12,14). The third-order valence-electron chi connectivity index (χ3n) is 3.28. The fourth-order valence-corrected chi connectivity index (χ4v) is 2.23. The lowest BCUT2D eigenvalue weighted by Gasteiger charge is -2.31. The number of nitrogens with two attached hydrogens (primary N) is 1. The Bertz CT molecular complexity index is 184. The summed E-state index contributed by atoms with van der Waals surface area (Å²) in [6.45, 7) is 4.92.